The summed E-state index contributed by atoms with van der Waals surface area (Å²) in [4.78, 5) is 34.9. The molecule has 0 spiro atoms. The molecule has 1 aromatic rings. The van der Waals surface area contributed by atoms with Gasteiger partial charge >= 0.3 is 0 Å². The van der Waals surface area contributed by atoms with Crippen LogP contribution in [0.1, 0.15) is 48.9 Å². The Hall–Kier alpha value is -2.12. The van der Waals surface area contributed by atoms with E-state index in [1.807, 2.05) is 23.1 Å². The maximum absolute atomic E-state index is 13.4. The molecule has 3 fully saturated rings. The lowest BCUT2D eigenvalue weighted by atomic mass is 10.0. The fraction of sp³-hybridized carbons (Fsp3) is 0.692. The van der Waals surface area contributed by atoms with Crippen LogP contribution in [0, 0.1) is 5.92 Å². The molecule has 3 aliphatic rings. The van der Waals surface area contributed by atoms with Crippen LogP contribution in [0.15, 0.2) is 24.3 Å². The number of rotatable bonds is 7. The van der Waals surface area contributed by atoms with E-state index in [0.717, 1.165) is 89.3 Å². The SMILES string of the molecule is CN(C)CCN1CCN(C(=O)c2ccccc2N2CCC(NC(=O)C3CCCC3)CC2)CC1. The number of carbonyl (C=O) groups is 2. The van der Waals surface area contributed by atoms with E-state index in [0.29, 0.717) is 0 Å². The highest BCUT2D eigenvalue weighted by Crippen LogP contribution is 2.28. The monoisotopic (exact) mass is 455 g/mol. The van der Waals surface area contributed by atoms with Gasteiger partial charge in [0, 0.05) is 70.0 Å². The number of hydrogen-bond donors (Lipinski definition) is 1. The van der Waals surface area contributed by atoms with Gasteiger partial charge in [-0.25, -0.2) is 0 Å². The second kappa shape index (κ2) is 11.3. The van der Waals surface area contributed by atoms with Crippen molar-refractivity contribution < 1.29 is 9.59 Å². The Morgan fingerprint density at radius 1 is 0.939 bits per heavy atom. The number of anilines is 1. The lowest BCUT2D eigenvalue weighted by Crippen LogP contribution is -2.50. The van der Waals surface area contributed by atoms with Crippen molar-refractivity contribution in [3.8, 4) is 0 Å². The number of para-hydroxylation sites is 1. The summed E-state index contributed by atoms with van der Waals surface area (Å²) in [6, 6.07) is 8.31. The van der Waals surface area contributed by atoms with Crippen molar-refractivity contribution in [2.24, 2.45) is 5.92 Å². The van der Waals surface area contributed by atoms with Crippen LogP contribution >= 0.6 is 0 Å². The largest absolute Gasteiger partial charge is 0.371 e. The normalized spacial score (nSPS) is 21.1. The third-order valence-corrected chi connectivity index (χ3v) is 7.57. The van der Waals surface area contributed by atoms with Crippen LogP contribution in [-0.2, 0) is 4.79 Å². The molecule has 2 aliphatic heterocycles. The van der Waals surface area contributed by atoms with Gasteiger partial charge < -0.3 is 20.0 Å². The Balaban J connectivity index is 1.30. The molecule has 4 rings (SSSR count). The highest BCUT2D eigenvalue weighted by molar-refractivity contribution is 6.00. The van der Waals surface area contributed by atoms with Gasteiger partial charge in [-0.1, -0.05) is 25.0 Å². The molecule has 1 aromatic carbocycles. The Kier molecular flexibility index (Phi) is 8.25. The molecule has 1 saturated carbocycles. The summed E-state index contributed by atoms with van der Waals surface area (Å²) in [5, 5.41) is 3.29. The molecule has 7 nitrogen and oxygen atoms in total. The van der Waals surface area contributed by atoms with Crippen LogP contribution < -0.4 is 10.2 Å². The molecule has 0 atom stereocenters. The summed E-state index contributed by atoms with van der Waals surface area (Å²) in [7, 11) is 4.20. The smallest absolute Gasteiger partial charge is 0.256 e. The zero-order valence-corrected chi connectivity index (χ0v) is 20.5. The van der Waals surface area contributed by atoms with Crippen molar-refractivity contribution in [2.45, 2.75) is 44.6 Å². The molecule has 1 aliphatic carbocycles. The Morgan fingerprint density at radius 2 is 1.61 bits per heavy atom. The average molecular weight is 456 g/mol. The van der Waals surface area contributed by atoms with E-state index in [-0.39, 0.29) is 23.8 Å². The Labute approximate surface area is 199 Å². The maximum atomic E-state index is 13.4. The first-order valence-corrected chi connectivity index (χ1v) is 12.8. The summed E-state index contributed by atoms with van der Waals surface area (Å²) < 4.78 is 0. The number of hydrogen-bond acceptors (Lipinski definition) is 5. The first-order valence-electron chi connectivity index (χ1n) is 12.8. The molecule has 0 radical (unpaired) electrons. The van der Waals surface area contributed by atoms with E-state index < -0.39 is 0 Å². The summed E-state index contributed by atoms with van der Waals surface area (Å²) in [5.41, 5.74) is 1.85. The lowest BCUT2D eigenvalue weighted by Gasteiger charge is -2.37. The fourth-order valence-corrected chi connectivity index (χ4v) is 5.39. The second-order valence-electron chi connectivity index (χ2n) is 10.2. The van der Waals surface area contributed by atoms with Crippen molar-refractivity contribution in [2.75, 3.05) is 71.4 Å². The first-order chi connectivity index (χ1) is 16.0. The molecule has 0 aromatic heterocycles. The standard InChI is InChI=1S/C26H41N5O2/c1-28(2)15-16-29-17-19-31(20-18-29)26(33)23-9-5-6-10-24(23)30-13-11-22(12-14-30)27-25(32)21-7-3-4-8-21/h5-6,9-10,21-22H,3-4,7-8,11-20H2,1-2H3,(H,27,32). The highest BCUT2D eigenvalue weighted by atomic mass is 16.2. The lowest BCUT2D eigenvalue weighted by molar-refractivity contribution is -0.125. The highest BCUT2D eigenvalue weighted by Gasteiger charge is 2.29. The topological polar surface area (TPSA) is 59.1 Å². The zero-order valence-electron chi connectivity index (χ0n) is 20.5. The second-order valence-corrected chi connectivity index (χ2v) is 10.2. The van der Waals surface area contributed by atoms with Crippen LogP contribution in [0.4, 0.5) is 5.69 Å². The minimum Gasteiger partial charge on any atom is -0.371 e. The number of nitrogens with zero attached hydrogens (tertiary/aromatic N) is 4. The Morgan fingerprint density at radius 3 is 2.27 bits per heavy atom. The van der Waals surface area contributed by atoms with Crippen molar-refractivity contribution in [3.63, 3.8) is 0 Å². The summed E-state index contributed by atoms with van der Waals surface area (Å²) in [6.45, 7) is 7.30. The zero-order chi connectivity index (χ0) is 23.2. The Bertz CT molecular complexity index is 792. The van der Waals surface area contributed by atoms with E-state index >= 15 is 0 Å². The molecule has 2 amide bonds. The third kappa shape index (κ3) is 6.27. The van der Waals surface area contributed by atoms with E-state index in [9.17, 15) is 9.59 Å². The average Bonchev–Trinajstić information content (AvgIpc) is 3.38. The number of benzene rings is 1. The molecule has 182 valence electrons. The maximum Gasteiger partial charge on any atom is 0.256 e. The van der Waals surface area contributed by atoms with Gasteiger partial charge in [-0.2, -0.15) is 0 Å². The first kappa shape index (κ1) is 24.0. The molecule has 2 heterocycles. The quantitative estimate of drug-likeness (QED) is 0.684. The van der Waals surface area contributed by atoms with Crippen LogP contribution in [0.5, 0.6) is 0 Å². The summed E-state index contributed by atoms with van der Waals surface area (Å²) >= 11 is 0. The van der Waals surface area contributed by atoms with Gasteiger partial charge in [-0.05, 0) is 51.9 Å². The van der Waals surface area contributed by atoms with Crippen LogP contribution in [0.25, 0.3) is 0 Å². The van der Waals surface area contributed by atoms with Gasteiger partial charge in [-0.3, -0.25) is 14.5 Å². The third-order valence-electron chi connectivity index (χ3n) is 7.57. The van der Waals surface area contributed by atoms with Crippen LogP contribution in [0.2, 0.25) is 0 Å². The van der Waals surface area contributed by atoms with Gasteiger partial charge in [0.15, 0.2) is 0 Å². The van der Waals surface area contributed by atoms with Crippen molar-refractivity contribution in [1.82, 2.24) is 20.0 Å². The molecular formula is C26H41N5O2. The van der Waals surface area contributed by atoms with Gasteiger partial charge in [0.25, 0.3) is 5.91 Å². The van der Waals surface area contributed by atoms with Gasteiger partial charge in [0.2, 0.25) is 5.91 Å². The number of likely N-dealkylation sites (N-methyl/N-ethyl adjacent to an activating group) is 1. The molecule has 2 saturated heterocycles. The van der Waals surface area contributed by atoms with Crippen molar-refractivity contribution in [3.05, 3.63) is 29.8 Å². The summed E-state index contributed by atoms with van der Waals surface area (Å²) in [6.07, 6.45) is 6.34. The van der Waals surface area contributed by atoms with E-state index in [4.69, 9.17) is 0 Å². The molecule has 33 heavy (non-hydrogen) atoms. The number of piperazine rings is 1. The van der Waals surface area contributed by atoms with E-state index in [1.165, 1.54) is 12.8 Å². The van der Waals surface area contributed by atoms with Crippen molar-refractivity contribution in [1.29, 1.82) is 0 Å². The number of carbonyl (C=O) groups excluding carboxylic acids is 2. The minimum absolute atomic E-state index is 0.148. The fourth-order valence-electron chi connectivity index (χ4n) is 5.39. The predicted molar refractivity (Wildman–Crippen MR) is 133 cm³/mol. The molecule has 7 heteroatoms. The van der Waals surface area contributed by atoms with Gasteiger partial charge in [0.05, 0.1) is 5.56 Å². The predicted octanol–water partition coefficient (Wildman–Crippen LogP) is 2.28. The van der Waals surface area contributed by atoms with Crippen LogP contribution in [-0.4, -0.2) is 99.0 Å². The van der Waals surface area contributed by atoms with Crippen molar-refractivity contribution >= 4 is 17.5 Å². The van der Waals surface area contributed by atoms with Crippen LogP contribution in [0.3, 0.4) is 0 Å². The van der Waals surface area contributed by atoms with Gasteiger partial charge in [-0.15, -0.1) is 0 Å². The summed E-state index contributed by atoms with van der Waals surface area (Å²) in [5.74, 6) is 0.630. The number of amides is 2. The number of nitrogens with one attached hydrogen (secondary N) is 1. The number of piperidine rings is 1. The molecular weight excluding hydrogens is 414 g/mol. The molecule has 1 N–H and O–H groups in total. The minimum atomic E-state index is 0.148. The van der Waals surface area contributed by atoms with Gasteiger partial charge in [0.1, 0.15) is 0 Å². The molecule has 0 bridgehead atoms. The van der Waals surface area contributed by atoms with E-state index in [2.05, 4.69) is 40.2 Å². The van der Waals surface area contributed by atoms with E-state index in [1.54, 1.807) is 0 Å². The molecule has 0 unspecified atom stereocenters.